The van der Waals surface area contributed by atoms with Crippen molar-refractivity contribution >= 4 is 29.9 Å². The van der Waals surface area contributed by atoms with Gasteiger partial charge in [-0.3, -0.25) is 0 Å². The monoisotopic (exact) mass is 513 g/mol. The lowest BCUT2D eigenvalue weighted by atomic mass is 9.87. The van der Waals surface area contributed by atoms with E-state index in [0.717, 1.165) is 57.7 Å². The summed E-state index contributed by atoms with van der Waals surface area (Å²) >= 11 is 0. The van der Waals surface area contributed by atoms with Crippen LogP contribution >= 0.6 is 24.0 Å². The summed E-state index contributed by atoms with van der Waals surface area (Å²) < 4.78 is 49.9. The van der Waals surface area contributed by atoms with Crippen LogP contribution in [0.3, 0.4) is 0 Å². The Morgan fingerprint density at radius 3 is 2.79 bits per heavy atom. The molecule has 2 aliphatic rings. The molecule has 1 aromatic rings. The number of guanidine groups is 1. The summed E-state index contributed by atoms with van der Waals surface area (Å²) in [7, 11) is 0. The standard InChI is InChI=1S/C19H26F3N3O2.HI/c1-2-23-17(25-10-7-18(13-25)8-11-26-14-18)24-9-12-27-16-6-4-3-5-15(16)19(20,21)22;/h3-6H,2,7-14H2,1H3,(H,23,24);1H. The zero-order valence-electron chi connectivity index (χ0n) is 15.9. The zero-order valence-corrected chi connectivity index (χ0v) is 18.3. The van der Waals surface area contributed by atoms with E-state index in [9.17, 15) is 13.2 Å². The topological polar surface area (TPSA) is 46.1 Å². The molecule has 5 nitrogen and oxygen atoms in total. The molecule has 0 aromatic heterocycles. The number of likely N-dealkylation sites (tertiary alicyclic amines) is 1. The lowest BCUT2D eigenvalue weighted by molar-refractivity contribution is -0.138. The smallest absolute Gasteiger partial charge is 0.419 e. The van der Waals surface area contributed by atoms with Crippen molar-refractivity contribution in [2.75, 3.05) is 46.0 Å². The van der Waals surface area contributed by atoms with Gasteiger partial charge in [-0.25, -0.2) is 4.99 Å². The third kappa shape index (κ3) is 5.65. The molecule has 0 amide bonds. The highest BCUT2D eigenvalue weighted by Gasteiger charge is 2.42. The van der Waals surface area contributed by atoms with Crippen LogP contribution in [-0.2, 0) is 10.9 Å². The van der Waals surface area contributed by atoms with Gasteiger partial charge >= 0.3 is 6.18 Å². The van der Waals surface area contributed by atoms with Gasteiger partial charge in [-0.05, 0) is 31.9 Å². The second kappa shape index (κ2) is 10.00. The first-order chi connectivity index (χ1) is 12.9. The van der Waals surface area contributed by atoms with Crippen LogP contribution in [0.1, 0.15) is 25.3 Å². The zero-order chi connectivity index (χ0) is 19.3. The van der Waals surface area contributed by atoms with Crippen LogP contribution in [-0.4, -0.2) is 56.9 Å². The normalized spacial score (nSPS) is 22.4. The molecule has 1 atom stereocenters. The predicted octanol–water partition coefficient (Wildman–Crippen LogP) is 3.78. The van der Waals surface area contributed by atoms with Crippen molar-refractivity contribution in [2.24, 2.45) is 10.4 Å². The van der Waals surface area contributed by atoms with Crippen LogP contribution in [0.15, 0.2) is 29.3 Å². The molecule has 0 radical (unpaired) electrons. The molecular formula is C19H27F3IN3O2. The number of para-hydroxylation sites is 1. The summed E-state index contributed by atoms with van der Waals surface area (Å²) in [6.45, 7) is 6.52. The van der Waals surface area contributed by atoms with Gasteiger partial charge in [0.15, 0.2) is 5.96 Å². The van der Waals surface area contributed by atoms with Gasteiger partial charge in [-0.1, -0.05) is 12.1 Å². The van der Waals surface area contributed by atoms with E-state index < -0.39 is 11.7 Å². The second-order valence-corrected chi connectivity index (χ2v) is 7.05. The second-order valence-electron chi connectivity index (χ2n) is 7.05. The van der Waals surface area contributed by atoms with Crippen LogP contribution in [0.4, 0.5) is 13.2 Å². The summed E-state index contributed by atoms with van der Waals surface area (Å²) in [5.74, 6) is 0.627. The SMILES string of the molecule is CCNC(=NCCOc1ccccc1C(F)(F)F)N1CCC2(CCOC2)C1.I. The molecular weight excluding hydrogens is 486 g/mol. The van der Waals surface area contributed by atoms with Gasteiger partial charge in [0.25, 0.3) is 0 Å². The number of hydrogen-bond donors (Lipinski definition) is 1. The van der Waals surface area contributed by atoms with Crippen molar-refractivity contribution in [1.82, 2.24) is 10.2 Å². The number of rotatable bonds is 5. The average Bonchev–Trinajstić information content (AvgIpc) is 3.27. The number of ether oxygens (including phenoxy) is 2. The van der Waals surface area contributed by atoms with E-state index in [1.807, 2.05) is 6.92 Å². The van der Waals surface area contributed by atoms with Gasteiger partial charge < -0.3 is 19.7 Å². The van der Waals surface area contributed by atoms with Crippen molar-refractivity contribution in [1.29, 1.82) is 0 Å². The fourth-order valence-corrected chi connectivity index (χ4v) is 3.65. The van der Waals surface area contributed by atoms with E-state index in [1.165, 1.54) is 18.2 Å². The number of nitrogens with zero attached hydrogens (tertiary/aromatic N) is 2. The Labute approximate surface area is 180 Å². The molecule has 2 fully saturated rings. The Balaban J connectivity index is 0.00000280. The van der Waals surface area contributed by atoms with Crippen LogP contribution in [0.5, 0.6) is 5.75 Å². The van der Waals surface area contributed by atoms with Gasteiger partial charge in [-0.2, -0.15) is 13.2 Å². The highest BCUT2D eigenvalue weighted by molar-refractivity contribution is 14.0. The molecule has 2 saturated heterocycles. The number of alkyl halides is 3. The van der Waals surface area contributed by atoms with Crippen molar-refractivity contribution in [3.63, 3.8) is 0 Å². The maximum absolute atomic E-state index is 13.0. The third-order valence-electron chi connectivity index (χ3n) is 5.06. The summed E-state index contributed by atoms with van der Waals surface area (Å²) in [5, 5.41) is 3.26. The van der Waals surface area contributed by atoms with Crippen LogP contribution in [0.25, 0.3) is 0 Å². The maximum atomic E-state index is 13.0. The minimum Gasteiger partial charge on any atom is -0.491 e. The van der Waals surface area contributed by atoms with Gasteiger partial charge in [0, 0.05) is 31.7 Å². The number of benzene rings is 1. The molecule has 9 heteroatoms. The van der Waals surface area contributed by atoms with Crippen LogP contribution in [0.2, 0.25) is 0 Å². The van der Waals surface area contributed by atoms with Crippen molar-refractivity contribution in [2.45, 2.75) is 25.9 Å². The third-order valence-corrected chi connectivity index (χ3v) is 5.06. The summed E-state index contributed by atoms with van der Waals surface area (Å²) in [6, 6.07) is 5.25. The van der Waals surface area contributed by atoms with Crippen LogP contribution < -0.4 is 10.1 Å². The number of aliphatic imine (C=N–C) groups is 1. The Bertz CT molecular complexity index is 664. The lowest BCUT2D eigenvalue weighted by Crippen LogP contribution is -2.41. The van der Waals surface area contributed by atoms with Gasteiger partial charge in [0.1, 0.15) is 12.4 Å². The molecule has 0 aliphatic carbocycles. The molecule has 158 valence electrons. The highest BCUT2D eigenvalue weighted by atomic mass is 127. The van der Waals surface area contributed by atoms with E-state index in [2.05, 4.69) is 15.2 Å². The van der Waals surface area contributed by atoms with Gasteiger partial charge in [0.05, 0.1) is 18.7 Å². The Hall–Kier alpha value is -1.23. The molecule has 0 saturated carbocycles. The van der Waals surface area contributed by atoms with Gasteiger partial charge in [-0.15, -0.1) is 24.0 Å². The summed E-state index contributed by atoms with van der Waals surface area (Å²) in [6.07, 6.45) is -2.28. The first-order valence-corrected chi connectivity index (χ1v) is 9.34. The predicted molar refractivity (Wildman–Crippen MR) is 112 cm³/mol. The Morgan fingerprint density at radius 1 is 1.32 bits per heavy atom. The highest BCUT2D eigenvalue weighted by Crippen LogP contribution is 2.38. The Kier molecular flexibility index (Phi) is 8.23. The molecule has 28 heavy (non-hydrogen) atoms. The molecule has 1 unspecified atom stereocenters. The van der Waals surface area contributed by atoms with Crippen LogP contribution in [0, 0.1) is 5.41 Å². The first kappa shape index (κ1) is 23.1. The quantitative estimate of drug-likeness (QED) is 0.282. The van der Waals surface area contributed by atoms with Crippen molar-refractivity contribution in [3.05, 3.63) is 29.8 Å². The number of hydrogen-bond acceptors (Lipinski definition) is 3. The fourth-order valence-electron chi connectivity index (χ4n) is 3.65. The molecule has 2 heterocycles. The number of halogens is 4. The molecule has 0 bridgehead atoms. The van der Waals surface area contributed by atoms with E-state index >= 15 is 0 Å². The number of nitrogens with one attached hydrogen (secondary N) is 1. The Morgan fingerprint density at radius 2 is 2.11 bits per heavy atom. The molecule has 1 aromatic carbocycles. The van der Waals surface area contributed by atoms with E-state index in [4.69, 9.17) is 9.47 Å². The molecule has 3 rings (SSSR count). The van der Waals surface area contributed by atoms with E-state index in [-0.39, 0.29) is 48.3 Å². The minimum absolute atomic E-state index is 0. The van der Waals surface area contributed by atoms with Crippen molar-refractivity contribution in [3.8, 4) is 5.75 Å². The largest absolute Gasteiger partial charge is 0.491 e. The van der Waals surface area contributed by atoms with E-state index in [1.54, 1.807) is 0 Å². The summed E-state index contributed by atoms with van der Waals surface area (Å²) in [5.41, 5.74) is -0.540. The van der Waals surface area contributed by atoms with Crippen molar-refractivity contribution < 1.29 is 22.6 Å². The average molecular weight is 513 g/mol. The lowest BCUT2D eigenvalue weighted by Gasteiger charge is -2.25. The molecule has 2 aliphatic heterocycles. The minimum atomic E-state index is -4.43. The maximum Gasteiger partial charge on any atom is 0.419 e. The van der Waals surface area contributed by atoms with Gasteiger partial charge in [0.2, 0.25) is 0 Å². The fraction of sp³-hybridized carbons (Fsp3) is 0.632. The summed E-state index contributed by atoms with van der Waals surface area (Å²) in [4.78, 5) is 6.75. The molecule has 1 N–H and O–H groups in total. The molecule has 1 spiro atoms. The first-order valence-electron chi connectivity index (χ1n) is 9.34. The van der Waals surface area contributed by atoms with E-state index in [0.29, 0.717) is 0 Å².